The van der Waals surface area contributed by atoms with Crippen molar-refractivity contribution in [1.29, 1.82) is 0 Å². The van der Waals surface area contributed by atoms with Crippen molar-refractivity contribution in [2.75, 3.05) is 6.54 Å². The van der Waals surface area contributed by atoms with E-state index in [1.54, 1.807) is 11.3 Å². The maximum atomic E-state index is 4.42. The molecule has 0 spiro atoms. The number of thiazole rings is 1. The monoisotopic (exact) mass is 238 g/mol. The third-order valence-electron chi connectivity index (χ3n) is 3.49. The van der Waals surface area contributed by atoms with Gasteiger partial charge in [-0.15, -0.1) is 11.3 Å². The first-order chi connectivity index (χ1) is 7.90. The Morgan fingerprint density at radius 1 is 1.44 bits per heavy atom. The van der Waals surface area contributed by atoms with Crippen LogP contribution in [-0.4, -0.2) is 17.6 Å². The van der Waals surface area contributed by atoms with Crippen molar-refractivity contribution in [2.24, 2.45) is 5.92 Å². The third kappa shape index (κ3) is 3.29. The molecule has 1 fully saturated rings. The summed E-state index contributed by atoms with van der Waals surface area (Å²) >= 11 is 1.80. The largest absolute Gasteiger partial charge is 0.314 e. The highest BCUT2D eigenvalue weighted by atomic mass is 32.1. The highest BCUT2D eigenvalue weighted by Crippen LogP contribution is 2.28. The Labute approximate surface area is 102 Å². The lowest BCUT2D eigenvalue weighted by Crippen LogP contribution is -2.39. The van der Waals surface area contributed by atoms with Crippen molar-refractivity contribution in [1.82, 2.24) is 10.3 Å². The fourth-order valence-electron chi connectivity index (χ4n) is 2.63. The van der Waals surface area contributed by atoms with E-state index in [0.29, 0.717) is 0 Å². The lowest BCUT2D eigenvalue weighted by molar-refractivity contribution is 0.261. The van der Waals surface area contributed by atoms with Crippen molar-refractivity contribution in [3.63, 3.8) is 0 Å². The molecule has 90 valence electrons. The number of aromatic nitrogens is 1. The van der Waals surface area contributed by atoms with Gasteiger partial charge in [0.2, 0.25) is 0 Å². The molecule has 0 bridgehead atoms. The Balaban J connectivity index is 1.88. The molecule has 2 unspecified atom stereocenters. The third-order valence-corrected chi connectivity index (χ3v) is 4.29. The standard InChI is InChI=1S/C13H22N2S/c1-2-7-14-12-6-4-3-5-11(12)10-13-15-8-9-16-13/h8-9,11-12,14H,2-7,10H2,1H3. The number of nitrogens with zero attached hydrogens (tertiary/aromatic N) is 1. The summed E-state index contributed by atoms with van der Waals surface area (Å²) in [5.41, 5.74) is 0. The first kappa shape index (κ1) is 12.1. The number of hydrogen-bond acceptors (Lipinski definition) is 3. The van der Waals surface area contributed by atoms with Crippen molar-refractivity contribution >= 4 is 11.3 Å². The van der Waals surface area contributed by atoms with Crippen molar-refractivity contribution < 1.29 is 0 Å². The summed E-state index contributed by atoms with van der Waals surface area (Å²) in [6.45, 7) is 3.41. The van der Waals surface area contributed by atoms with Gasteiger partial charge < -0.3 is 5.32 Å². The van der Waals surface area contributed by atoms with Gasteiger partial charge in [-0.3, -0.25) is 0 Å². The SMILES string of the molecule is CCCNC1CCCCC1Cc1nccs1. The molecule has 1 aliphatic carbocycles. The molecule has 0 aliphatic heterocycles. The van der Waals surface area contributed by atoms with Crippen LogP contribution in [0.25, 0.3) is 0 Å². The molecule has 3 heteroatoms. The van der Waals surface area contributed by atoms with Gasteiger partial charge in [-0.25, -0.2) is 4.98 Å². The van der Waals surface area contributed by atoms with Crippen LogP contribution >= 0.6 is 11.3 Å². The summed E-state index contributed by atoms with van der Waals surface area (Å²) in [5, 5.41) is 7.12. The average Bonchev–Trinajstić information content (AvgIpc) is 2.81. The fraction of sp³-hybridized carbons (Fsp3) is 0.769. The first-order valence-corrected chi connectivity index (χ1v) is 7.40. The van der Waals surface area contributed by atoms with Gasteiger partial charge in [0.1, 0.15) is 0 Å². The topological polar surface area (TPSA) is 24.9 Å². The minimum absolute atomic E-state index is 0.734. The molecule has 0 amide bonds. The molecule has 2 rings (SSSR count). The zero-order chi connectivity index (χ0) is 11.2. The molecule has 1 saturated carbocycles. The van der Waals surface area contributed by atoms with Crippen LogP contribution < -0.4 is 5.32 Å². The second-order valence-electron chi connectivity index (χ2n) is 4.74. The Bertz CT molecular complexity index is 284. The Morgan fingerprint density at radius 3 is 3.06 bits per heavy atom. The lowest BCUT2D eigenvalue weighted by Gasteiger charge is -2.32. The predicted molar refractivity (Wildman–Crippen MR) is 69.9 cm³/mol. The Hall–Kier alpha value is -0.410. The number of rotatable bonds is 5. The van der Waals surface area contributed by atoms with Crippen LogP contribution in [-0.2, 0) is 6.42 Å². The van der Waals surface area contributed by atoms with Crippen LogP contribution in [0.4, 0.5) is 0 Å². The van der Waals surface area contributed by atoms with Gasteiger partial charge in [-0.05, 0) is 31.7 Å². The molecule has 0 radical (unpaired) electrons. The van der Waals surface area contributed by atoms with Gasteiger partial charge in [0.25, 0.3) is 0 Å². The minimum atomic E-state index is 0.734. The second-order valence-corrected chi connectivity index (χ2v) is 5.71. The van der Waals surface area contributed by atoms with Gasteiger partial charge in [0, 0.05) is 24.0 Å². The molecule has 0 aromatic carbocycles. The summed E-state index contributed by atoms with van der Waals surface area (Å²) in [6, 6.07) is 0.734. The zero-order valence-electron chi connectivity index (χ0n) is 10.1. The van der Waals surface area contributed by atoms with E-state index in [-0.39, 0.29) is 0 Å². The van der Waals surface area contributed by atoms with Gasteiger partial charge in [-0.2, -0.15) is 0 Å². The highest BCUT2D eigenvalue weighted by molar-refractivity contribution is 7.09. The molecule has 0 saturated heterocycles. The smallest absolute Gasteiger partial charge is 0.0928 e. The molecule has 1 heterocycles. The molecule has 1 aromatic rings. The van der Waals surface area contributed by atoms with E-state index in [0.717, 1.165) is 12.0 Å². The van der Waals surface area contributed by atoms with E-state index in [1.807, 2.05) is 6.20 Å². The molecule has 1 N–H and O–H groups in total. The van der Waals surface area contributed by atoms with Crippen molar-refractivity contribution in [3.8, 4) is 0 Å². The second kappa shape index (κ2) is 6.36. The maximum absolute atomic E-state index is 4.42. The molecule has 16 heavy (non-hydrogen) atoms. The van der Waals surface area contributed by atoms with Crippen LogP contribution in [0.5, 0.6) is 0 Å². The molecular formula is C13H22N2S. The van der Waals surface area contributed by atoms with Crippen LogP contribution in [0.2, 0.25) is 0 Å². The minimum Gasteiger partial charge on any atom is -0.314 e. The number of nitrogens with one attached hydrogen (secondary N) is 1. The summed E-state index contributed by atoms with van der Waals surface area (Å²) in [4.78, 5) is 4.42. The van der Waals surface area contributed by atoms with Crippen LogP contribution in [0, 0.1) is 5.92 Å². The maximum Gasteiger partial charge on any atom is 0.0928 e. The van der Waals surface area contributed by atoms with Gasteiger partial charge >= 0.3 is 0 Å². The highest BCUT2D eigenvalue weighted by Gasteiger charge is 2.25. The van der Waals surface area contributed by atoms with E-state index in [9.17, 15) is 0 Å². The molecule has 1 aromatic heterocycles. The zero-order valence-corrected chi connectivity index (χ0v) is 10.9. The quantitative estimate of drug-likeness (QED) is 0.852. The normalized spacial score (nSPS) is 25.8. The molecular weight excluding hydrogens is 216 g/mol. The summed E-state index contributed by atoms with van der Waals surface area (Å²) in [5.74, 6) is 0.812. The summed E-state index contributed by atoms with van der Waals surface area (Å²) < 4.78 is 0. The van der Waals surface area contributed by atoms with E-state index in [2.05, 4.69) is 22.6 Å². The summed E-state index contributed by atoms with van der Waals surface area (Å²) in [7, 11) is 0. The number of hydrogen-bond donors (Lipinski definition) is 1. The average molecular weight is 238 g/mol. The molecule has 2 nitrogen and oxygen atoms in total. The van der Waals surface area contributed by atoms with E-state index < -0.39 is 0 Å². The van der Waals surface area contributed by atoms with Crippen LogP contribution in [0.3, 0.4) is 0 Å². The first-order valence-electron chi connectivity index (χ1n) is 6.52. The van der Waals surface area contributed by atoms with Crippen LogP contribution in [0.15, 0.2) is 11.6 Å². The van der Waals surface area contributed by atoms with Gasteiger partial charge in [-0.1, -0.05) is 19.8 Å². The van der Waals surface area contributed by atoms with E-state index in [1.165, 1.54) is 50.1 Å². The fourth-order valence-corrected chi connectivity index (χ4v) is 3.34. The molecule has 1 aliphatic rings. The van der Waals surface area contributed by atoms with Gasteiger partial charge in [0.15, 0.2) is 0 Å². The van der Waals surface area contributed by atoms with E-state index in [4.69, 9.17) is 0 Å². The van der Waals surface area contributed by atoms with Crippen LogP contribution in [0.1, 0.15) is 44.0 Å². The Kier molecular flexibility index (Phi) is 4.79. The summed E-state index contributed by atoms with van der Waals surface area (Å²) in [6.07, 6.45) is 9.88. The van der Waals surface area contributed by atoms with Gasteiger partial charge in [0.05, 0.1) is 5.01 Å². The van der Waals surface area contributed by atoms with Crippen molar-refractivity contribution in [2.45, 2.75) is 51.5 Å². The Morgan fingerprint density at radius 2 is 2.31 bits per heavy atom. The lowest BCUT2D eigenvalue weighted by atomic mass is 9.82. The predicted octanol–water partition coefficient (Wildman–Crippen LogP) is 3.24. The van der Waals surface area contributed by atoms with E-state index >= 15 is 0 Å². The molecule has 2 atom stereocenters. The van der Waals surface area contributed by atoms with Crippen molar-refractivity contribution in [3.05, 3.63) is 16.6 Å².